The summed E-state index contributed by atoms with van der Waals surface area (Å²) < 4.78 is 28.5. The standard InChI is InChI=1S/C15H13BrFNO5S/c1-21-14(19)11-8(12(15(20)22-2)24-13(11)18)6-23-10-4-3-7(17)5-9(10)16/h3-5H,6,18H2,1-2H3. The van der Waals surface area contributed by atoms with Gasteiger partial charge in [0.1, 0.15) is 33.6 Å². The van der Waals surface area contributed by atoms with Crippen LogP contribution in [0.25, 0.3) is 0 Å². The van der Waals surface area contributed by atoms with Crippen molar-refractivity contribution in [2.75, 3.05) is 20.0 Å². The van der Waals surface area contributed by atoms with Crippen LogP contribution in [-0.4, -0.2) is 26.2 Å². The minimum Gasteiger partial charge on any atom is -0.488 e. The Kier molecular flexibility index (Phi) is 5.79. The molecule has 24 heavy (non-hydrogen) atoms. The molecular formula is C15H13BrFNO5S. The molecule has 0 spiro atoms. The minimum absolute atomic E-state index is 0.0566. The average molecular weight is 418 g/mol. The monoisotopic (exact) mass is 417 g/mol. The fourth-order valence-electron chi connectivity index (χ4n) is 1.95. The van der Waals surface area contributed by atoms with Gasteiger partial charge in [-0.3, -0.25) is 0 Å². The molecule has 0 radical (unpaired) electrons. The van der Waals surface area contributed by atoms with Gasteiger partial charge in [-0.25, -0.2) is 14.0 Å². The van der Waals surface area contributed by atoms with E-state index in [0.717, 1.165) is 11.3 Å². The van der Waals surface area contributed by atoms with Crippen molar-refractivity contribution in [2.45, 2.75) is 6.61 Å². The highest BCUT2D eigenvalue weighted by Gasteiger charge is 2.27. The number of carbonyl (C=O) groups is 2. The van der Waals surface area contributed by atoms with Crippen molar-refractivity contribution in [1.29, 1.82) is 0 Å². The summed E-state index contributed by atoms with van der Waals surface area (Å²) in [7, 11) is 2.43. The molecule has 2 rings (SSSR count). The van der Waals surface area contributed by atoms with Gasteiger partial charge in [0.15, 0.2) is 0 Å². The first-order valence-corrected chi connectivity index (χ1v) is 8.15. The van der Waals surface area contributed by atoms with Gasteiger partial charge in [-0.1, -0.05) is 0 Å². The van der Waals surface area contributed by atoms with Crippen LogP contribution in [0.3, 0.4) is 0 Å². The van der Waals surface area contributed by atoms with Crippen LogP contribution in [0.1, 0.15) is 25.6 Å². The molecule has 0 unspecified atom stereocenters. The zero-order valence-electron chi connectivity index (χ0n) is 12.7. The van der Waals surface area contributed by atoms with E-state index in [-0.39, 0.29) is 27.6 Å². The van der Waals surface area contributed by atoms with E-state index < -0.39 is 17.8 Å². The van der Waals surface area contributed by atoms with Gasteiger partial charge in [0.2, 0.25) is 0 Å². The number of ether oxygens (including phenoxy) is 3. The third-order valence-electron chi connectivity index (χ3n) is 3.06. The van der Waals surface area contributed by atoms with E-state index >= 15 is 0 Å². The number of hydrogen-bond donors (Lipinski definition) is 1. The van der Waals surface area contributed by atoms with Gasteiger partial charge in [-0.15, -0.1) is 11.3 Å². The third-order valence-corrected chi connectivity index (χ3v) is 4.72. The highest BCUT2D eigenvalue weighted by Crippen LogP contribution is 2.34. The summed E-state index contributed by atoms with van der Waals surface area (Å²) in [5, 5.41) is 0.124. The fourth-order valence-corrected chi connectivity index (χ4v) is 3.39. The highest BCUT2D eigenvalue weighted by molar-refractivity contribution is 9.10. The van der Waals surface area contributed by atoms with Crippen molar-refractivity contribution >= 4 is 44.2 Å². The Balaban J connectivity index is 2.39. The third kappa shape index (κ3) is 3.68. The second-order valence-electron chi connectivity index (χ2n) is 4.50. The Labute approximate surface area is 149 Å². The number of anilines is 1. The van der Waals surface area contributed by atoms with Crippen molar-refractivity contribution in [3.8, 4) is 5.75 Å². The number of thiophene rings is 1. The van der Waals surface area contributed by atoms with Gasteiger partial charge >= 0.3 is 11.9 Å². The average Bonchev–Trinajstić information content (AvgIpc) is 2.89. The van der Waals surface area contributed by atoms with Crippen molar-refractivity contribution < 1.29 is 28.2 Å². The molecule has 2 aromatic rings. The quantitative estimate of drug-likeness (QED) is 0.750. The lowest BCUT2D eigenvalue weighted by molar-refractivity contribution is 0.0599. The van der Waals surface area contributed by atoms with Crippen LogP contribution in [0.4, 0.5) is 9.39 Å². The van der Waals surface area contributed by atoms with Crippen molar-refractivity contribution in [3.63, 3.8) is 0 Å². The van der Waals surface area contributed by atoms with Gasteiger partial charge in [0.05, 0.1) is 18.7 Å². The first kappa shape index (κ1) is 18.2. The highest BCUT2D eigenvalue weighted by atomic mass is 79.9. The minimum atomic E-state index is -0.685. The first-order chi connectivity index (χ1) is 11.4. The van der Waals surface area contributed by atoms with Gasteiger partial charge in [-0.2, -0.15) is 0 Å². The largest absolute Gasteiger partial charge is 0.488 e. The van der Waals surface area contributed by atoms with Crippen LogP contribution in [0.2, 0.25) is 0 Å². The van der Waals surface area contributed by atoms with Crippen molar-refractivity contribution in [3.05, 3.63) is 44.5 Å². The van der Waals surface area contributed by atoms with Gasteiger partial charge in [0.25, 0.3) is 0 Å². The van der Waals surface area contributed by atoms with E-state index in [1.165, 1.54) is 32.4 Å². The molecule has 0 fully saturated rings. The summed E-state index contributed by atoms with van der Waals surface area (Å²) in [5.41, 5.74) is 6.14. The Morgan fingerprint density at radius 3 is 2.50 bits per heavy atom. The Hall–Kier alpha value is -2.13. The molecule has 0 aliphatic heterocycles. The van der Waals surface area contributed by atoms with Crippen LogP contribution < -0.4 is 10.5 Å². The predicted octanol–water partition coefficient (Wildman–Crippen LogP) is 3.38. The maximum Gasteiger partial charge on any atom is 0.348 e. The van der Waals surface area contributed by atoms with E-state index in [1.807, 2.05) is 0 Å². The maximum absolute atomic E-state index is 13.1. The summed E-state index contributed by atoms with van der Waals surface area (Å²) in [4.78, 5) is 24.0. The lowest BCUT2D eigenvalue weighted by Gasteiger charge is -2.10. The Bertz CT molecular complexity index is 792. The number of benzene rings is 1. The molecule has 128 valence electrons. The van der Waals surface area contributed by atoms with Gasteiger partial charge in [-0.05, 0) is 34.1 Å². The maximum atomic E-state index is 13.1. The Morgan fingerprint density at radius 1 is 1.25 bits per heavy atom. The molecule has 0 aliphatic rings. The second kappa shape index (κ2) is 7.63. The molecule has 6 nitrogen and oxygen atoms in total. The van der Waals surface area contributed by atoms with E-state index in [1.54, 1.807) is 0 Å². The number of methoxy groups -OCH3 is 2. The van der Waals surface area contributed by atoms with Crippen LogP contribution in [0.5, 0.6) is 5.75 Å². The molecule has 0 saturated carbocycles. The van der Waals surface area contributed by atoms with Gasteiger partial charge in [0, 0.05) is 5.56 Å². The number of nitrogens with two attached hydrogens (primary N) is 1. The summed E-state index contributed by atoms with van der Waals surface area (Å²) in [6.45, 7) is -0.146. The smallest absolute Gasteiger partial charge is 0.348 e. The number of hydrogen-bond acceptors (Lipinski definition) is 7. The lowest BCUT2D eigenvalue weighted by Crippen LogP contribution is -2.11. The first-order valence-electron chi connectivity index (χ1n) is 6.54. The van der Waals surface area contributed by atoms with Crippen LogP contribution >= 0.6 is 27.3 Å². The molecular weight excluding hydrogens is 405 g/mol. The number of carbonyl (C=O) groups excluding carboxylic acids is 2. The molecule has 9 heteroatoms. The van der Waals surface area contributed by atoms with E-state index in [9.17, 15) is 14.0 Å². The molecule has 1 aromatic carbocycles. The van der Waals surface area contributed by atoms with Crippen molar-refractivity contribution in [2.24, 2.45) is 0 Å². The van der Waals surface area contributed by atoms with Crippen LogP contribution in [-0.2, 0) is 16.1 Å². The number of halogens is 2. The molecule has 2 N–H and O–H groups in total. The summed E-state index contributed by atoms with van der Waals surface area (Å²) in [5.74, 6) is -1.42. The zero-order valence-corrected chi connectivity index (χ0v) is 15.1. The molecule has 0 saturated heterocycles. The SMILES string of the molecule is COC(=O)c1sc(N)c(C(=O)OC)c1COc1ccc(F)cc1Br. The van der Waals surface area contributed by atoms with Crippen molar-refractivity contribution in [1.82, 2.24) is 0 Å². The fraction of sp³-hybridized carbons (Fsp3) is 0.200. The van der Waals surface area contributed by atoms with Crippen LogP contribution in [0, 0.1) is 5.82 Å². The predicted molar refractivity (Wildman–Crippen MR) is 89.8 cm³/mol. The molecule has 1 aromatic heterocycles. The molecule has 0 atom stereocenters. The number of esters is 2. The molecule has 1 heterocycles. The summed E-state index contributed by atoms with van der Waals surface area (Å²) in [6, 6.07) is 3.88. The summed E-state index contributed by atoms with van der Waals surface area (Å²) >= 11 is 4.09. The van der Waals surface area contributed by atoms with Crippen LogP contribution in [0.15, 0.2) is 22.7 Å². The zero-order chi connectivity index (χ0) is 17.9. The van der Waals surface area contributed by atoms with E-state index in [2.05, 4.69) is 15.9 Å². The number of nitrogen functional groups attached to an aromatic ring is 1. The summed E-state index contributed by atoms with van der Waals surface area (Å²) in [6.07, 6.45) is 0. The molecule has 0 amide bonds. The van der Waals surface area contributed by atoms with E-state index in [4.69, 9.17) is 19.9 Å². The normalized spacial score (nSPS) is 10.3. The molecule has 0 bridgehead atoms. The number of rotatable bonds is 5. The Morgan fingerprint density at radius 2 is 1.92 bits per heavy atom. The van der Waals surface area contributed by atoms with Gasteiger partial charge < -0.3 is 19.9 Å². The topological polar surface area (TPSA) is 87.9 Å². The lowest BCUT2D eigenvalue weighted by atomic mass is 10.1. The molecule has 0 aliphatic carbocycles. The second-order valence-corrected chi connectivity index (χ2v) is 6.40. The van der Waals surface area contributed by atoms with E-state index in [0.29, 0.717) is 10.2 Å².